The third-order valence-electron chi connectivity index (χ3n) is 2.85. The highest BCUT2D eigenvalue weighted by atomic mass is 19.4. The summed E-state index contributed by atoms with van der Waals surface area (Å²) in [7, 11) is 0. The Labute approximate surface area is 115 Å². The number of fused-ring (bicyclic) bond motifs is 1. The second-order valence-corrected chi connectivity index (χ2v) is 4.26. The first-order valence-corrected chi connectivity index (χ1v) is 5.87. The van der Waals surface area contributed by atoms with E-state index in [2.05, 4.69) is 25.5 Å². The van der Waals surface area contributed by atoms with Gasteiger partial charge in [-0.3, -0.25) is 0 Å². The number of anilines is 1. The maximum Gasteiger partial charge on any atom is 0.433 e. The molecule has 3 aromatic heterocycles. The lowest BCUT2D eigenvalue weighted by atomic mass is 10.3. The molecule has 0 bridgehead atoms. The van der Waals surface area contributed by atoms with Crippen LogP contribution in [0.5, 0.6) is 0 Å². The van der Waals surface area contributed by atoms with Gasteiger partial charge in [0.1, 0.15) is 17.9 Å². The number of rotatable bonds is 3. The summed E-state index contributed by atoms with van der Waals surface area (Å²) in [6.07, 6.45) is -1.93. The van der Waals surface area contributed by atoms with E-state index in [1.165, 1.54) is 10.7 Å². The van der Waals surface area contributed by atoms with Crippen molar-refractivity contribution < 1.29 is 17.7 Å². The molecule has 7 nitrogen and oxygen atoms in total. The molecule has 0 aliphatic heterocycles. The zero-order valence-corrected chi connectivity index (χ0v) is 10.7. The third kappa shape index (κ3) is 2.51. The van der Waals surface area contributed by atoms with Gasteiger partial charge in [-0.2, -0.15) is 27.8 Å². The number of hydrogen-bond acceptors (Lipinski definition) is 6. The van der Waals surface area contributed by atoms with E-state index in [1.807, 2.05) is 0 Å². The molecular weight excluding hydrogens is 289 g/mol. The average molecular weight is 298 g/mol. The topological polar surface area (TPSA) is 81.1 Å². The Bertz CT molecular complexity index is 778. The van der Waals surface area contributed by atoms with Crippen molar-refractivity contribution in [2.75, 3.05) is 5.32 Å². The summed E-state index contributed by atoms with van der Waals surface area (Å²) in [5.74, 6) is 0.585. The lowest BCUT2D eigenvalue weighted by Crippen LogP contribution is -2.13. The fourth-order valence-corrected chi connectivity index (χ4v) is 1.76. The van der Waals surface area contributed by atoms with Gasteiger partial charge in [0.2, 0.25) is 0 Å². The van der Waals surface area contributed by atoms with Crippen molar-refractivity contribution in [3.05, 3.63) is 35.6 Å². The monoisotopic (exact) mass is 298 g/mol. The number of hydrogen-bond donors (Lipinski definition) is 1. The fraction of sp³-hybridized carbons (Fsp3) is 0.273. The van der Waals surface area contributed by atoms with Crippen molar-refractivity contribution in [1.82, 2.24) is 24.7 Å². The summed E-state index contributed by atoms with van der Waals surface area (Å²) >= 11 is 0. The van der Waals surface area contributed by atoms with Crippen molar-refractivity contribution in [1.29, 1.82) is 0 Å². The van der Waals surface area contributed by atoms with Gasteiger partial charge in [0.25, 0.3) is 5.78 Å². The molecule has 0 saturated heterocycles. The predicted octanol–water partition coefficient (Wildman–Crippen LogP) is 2.05. The molecule has 3 rings (SSSR count). The van der Waals surface area contributed by atoms with Crippen molar-refractivity contribution in [2.24, 2.45) is 0 Å². The molecule has 10 heteroatoms. The van der Waals surface area contributed by atoms with Crippen molar-refractivity contribution in [2.45, 2.75) is 19.6 Å². The largest absolute Gasteiger partial charge is 0.433 e. The molecule has 110 valence electrons. The van der Waals surface area contributed by atoms with E-state index in [0.717, 1.165) is 18.0 Å². The Morgan fingerprint density at radius 3 is 2.86 bits per heavy atom. The molecular formula is C11H9F3N6O. The molecule has 0 radical (unpaired) electrons. The van der Waals surface area contributed by atoms with Gasteiger partial charge >= 0.3 is 6.18 Å². The van der Waals surface area contributed by atoms with Crippen molar-refractivity contribution >= 4 is 11.6 Å². The smallest absolute Gasteiger partial charge is 0.366 e. The molecule has 21 heavy (non-hydrogen) atoms. The van der Waals surface area contributed by atoms with Crippen LogP contribution < -0.4 is 5.32 Å². The Hall–Kier alpha value is -2.65. The molecule has 3 heterocycles. The van der Waals surface area contributed by atoms with E-state index in [-0.39, 0.29) is 18.1 Å². The van der Waals surface area contributed by atoms with Crippen molar-refractivity contribution in [3.63, 3.8) is 0 Å². The number of nitrogens with zero attached hydrogens (tertiary/aromatic N) is 5. The fourth-order valence-electron chi connectivity index (χ4n) is 1.76. The maximum atomic E-state index is 12.8. The minimum Gasteiger partial charge on any atom is -0.366 e. The van der Waals surface area contributed by atoms with Gasteiger partial charge in [-0.05, 0) is 6.92 Å². The van der Waals surface area contributed by atoms with Crippen LogP contribution in [0.15, 0.2) is 23.1 Å². The molecule has 0 aliphatic rings. The van der Waals surface area contributed by atoms with Gasteiger partial charge in [-0.25, -0.2) is 4.98 Å². The Kier molecular flexibility index (Phi) is 3.00. The lowest BCUT2D eigenvalue weighted by Gasteiger charge is -2.10. The number of halogens is 3. The van der Waals surface area contributed by atoms with E-state index in [4.69, 9.17) is 4.52 Å². The zero-order valence-electron chi connectivity index (χ0n) is 10.7. The minimum absolute atomic E-state index is 0.130. The maximum absolute atomic E-state index is 12.8. The number of alkyl halides is 3. The van der Waals surface area contributed by atoms with Gasteiger partial charge in [0.05, 0.1) is 6.20 Å². The zero-order chi connectivity index (χ0) is 15.0. The second kappa shape index (κ2) is 4.72. The molecule has 1 N–H and O–H groups in total. The van der Waals surface area contributed by atoms with Crippen LogP contribution in [0.1, 0.15) is 17.0 Å². The summed E-state index contributed by atoms with van der Waals surface area (Å²) in [6.45, 7) is 1.95. The highest BCUT2D eigenvalue weighted by Gasteiger charge is 2.34. The molecule has 0 fully saturated rings. The van der Waals surface area contributed by atoms with Crippen LogP contribution >= 0.6 is 0 Å². The minimum atomic E-state index is -4.56. The van der Waals surface area contributed by atoms with Crippen molar-refractivity contribution in [3.8, 4) is 0 Å². The molecule has 0 aromatic carbocycles. The van der Waals surface area contributed by atoms with Crippen LogP contribution in [0.25, 0.3) is 5.78 Å². The number of nitrogens with one attached hydrogen (secondary N) is 1. The highest BCUT2D eigenvalue weighted by molar-refractivity contribution is 5.46. The van der Waals surface area contributed by atoms with Crippen LogP contribution in [0.3, 0.4) is 0 Å². The molecule has 0 spiro atoms. The van der Waals surface area contributed by atoms with Crippen LogP contribution in [0.2, 0.25) is 0 Å². The van der Waals surface area contributed by atoms with Gasteiger partial charge in [-0.1, -0.05) is 5.16 Å². The van der Waals surface area contributed by atoms with Gasteiger partial charge in [0.15, 0.2) is 5.69 Å². The summed E-state index contributed by atoms with van der Waals surface area (Å²) in [5.41, 5.74) is -0.304. The van der Waals surface area contributed by atoms with E-state index >= 15 is 0 Å². The predicted molar refractivity (Wildman–Crippen MR) is 64.4 cm³/mol. The van der Waals surface area contributed by atoms with Crippen LogP contribution in [-0.4, -0.2) is 24.7 Å². The lowest BCUT2D eigenvalue weighted by molar-refractivity contribution is -0.141. The quantitative estimate of drug-likeness (QED) is 0.797. The Balaban J connectivity index is 1.96. The van der Waals surface area contributed by atoms with Gasteiger partial charge < -0.3 is 9.84 Å². The molecule has 0 saturated carbocycles. The van der Waals surface area contributed by atoms with E-state index < -0.39 is 11.9 Å². The van der Waals surface area contributed by atoms with E-state index in [9.17, 15) is 13.2 Å². The van der Waals surface area contributed by atoms with Crippen LogP contribution in [0.4, 0.5) is 19.0 Å². The standard InChI is InChI=1S/C11H9F3N6O/c1-6-7(4-18-21-6)3-15-9-2-8(11(12,13)14)19-10-16-5-17-20(9)10/h2,4-5,15H,3H2,1H3. The Morgan fingerprint density at radius 1 is 1.38 bits per heavy atom. The van der Waals surface area contributed by atoms with Crippen LogP contribution in [0, 0.1) is 6.92 Å². The summed E-state index contributed by atoms with van der Waals surface area (Å²) in [4.78, 5) is 7.11. The first-order valence-electron chi connectivity index (χ1n) is 5.87. The number of aromatic nitrogens is 5. The molecule has 0 amide bonds. The van der Waals surface area contributed by atoms with Crippen LogP contribution in [-0.2, 0) is 12.7 Å². The summed E-state index contributed by atoms with van der Waals surface area (Å²) in [5, 5.41) is 10.3. The molecule has 0 aliphatic carbocycles. The first-order chi connectivity index (χ1) is 9.95. The van der Waals surface area contributed by atoms with E-state index in [0.29, 0.717) is 5.76 Å². The first kappa shape index (κ1) is 13.3. The van der Waals surface area contributed by atoms with E-state index in [1.54, 1.807) is 6.92 Å². The summed E-state index contributed by atoms with van der Waals surface area (Å²) in [6, 6.07) is 0.879. The third-order valence-corrected chi connectivity index (χ3v) is 2.85. The molecule has 0 unspecified atom stereocenters. The second-order valence-electron chi connectivity index (χ2n) is 4.26. The number of aryl methyl sites for hydroxylation is 1. The SMILES string of the molecule is Cc1oncc1CNc1cc(C(F)(F)F)nc2ncnn12. The summed E-state index contributed by atoms with van der Waals surface area (Å²) < 4.78 is 44.5. The molecule has 3 aromatic rings. The highest BCUT2D eigenvalue weighted by Crippen LogP contribution is 2.29. The molecule has 0 atom stereocenters. The van der Waals surface area contributed by atoms with Gasteiger partial charge in [0, 0.05) is 18.2 Å². The Morgan fingerprint density at radius 2 is 2.19 bits per heavy atom. The van der Waals surface area contributed by atoms with Gasteiger partial charge in [-0.15, -0.1) is 0 Å². The average Bonchev–Trinajstić information content (AvgIpc) is 3.03. The normalized spacial score (nSPS) is 12.0.